The maximum atomic E-state index is 11.6. The predicted molar refractivity (Wildman–Crippen MR) is 67.3 cm³/mol. The minimum absolute atomic E-state index is 0.0301. The molecule has 0 unspecified atom stereocenters. The van der Waals surface area contributed by atoms with Gasteiger partial charge in [-0.05, 0) is 35.8 Å². The molecule has 0 radical (unpaired) electrons. The number of carbonyl (C=O) groups excluding carboxylic acids is 1. The number of halogens is 1. The van der Waals surface area contributed by atoms with Crippen LogP contribution in [-0.4, -0.2) is 23.9 Å². The molecule has 0 aliphatic rings. The predicted octanol–water partition coefficient (Wildman–Crippen LogP) is 1.72. The fourth-order valence-electron chi connectivity index (χ4n) is 1.16. The molecule has 2 aromatic rings. The van der Waals surface area contributed by atoms with Crippen LogP contribution in [0.2, 0.25) is 0 Å². The van der Waals surface area contributed by atoms with Crippen LogP contribution in [0, 0.1) is 0 Å². The van der Waals surface area contributed by atoms with Crippen molar-refractivity contribution in [1.82, 2.24) is 9.59 Å². The van der Waals surface area contributed by atoms with Crippen molar-refractivity contribution in [3.63, 3.8) is 0 Å². The molecule has 0 atom stereocenters. The number of benzene rings is 1. The van der Waals surface area contributed by atoms with Crippen LogP contribution in [0.5, 0.6) is 0 Å². The van der Waals surface area contributed by atoms with Crippen molar-refractivity contribution in [1.29, 1.82) is 0 Å². The number of carbonyl (C=O) groups is 1. The van der Waals surface area contributed by atoms with Crippen molar-refractivity contribution in [2.45, 2.75) is 4.90 Å². The van der Waals surface area contributed by atoms with E-state index in [0.29, 0.717) is 5.69 Å². The van der Waals surface area contributed by atoms with Crippen molar-refractivity contribution >= 4 is 42.9 Å². The molecule has 0 bridgehead atoms. The van der Waals surface area contributed by atoms with Crippen LogP contribution in [0.3, 0.4) is 0 Å². The molecule has 1 aromatic heterocycles. The smallest absolute Gasteiger partial charge is 0.277 e. The Hall–Kier alpha value is -1.51. The Bertz CT molecular complexity index is 653. The van der Waals surface area contributed by atoms with Crippen LogP contribution in [0.4, 0.5) is 5.69 Å². The second kappa shape index (κ2) is 5.01. The molecule has 9 heteroatoms. The van der Waals surface area contributed by atoms with E-state index in [0.717, 1.165) is 11.5 Å². The molecule has 0 fully saturated rings. The number of aromatic nitrogens is 2. The highest BCUT2D eigenvalue weighted by atomic mass is 35.7. The van der Waals surface area contributed by atoms with Gasteiger partial charge in [-0.1, -0.05) is 4.49 Å². The van der Waals surface area contributed by atoms with Crippen LogP contribution in [0.1, 0.15) is 10.5 Å². The highest BCUT2D eigenvalue weighted by Crippen LogP contribution is 2.18. The van der Waals surface area contributed by atoms with Crippen molar-refractivity contribution < 1.29 is 13.2 Å². The molecule has 0 spiro atoms. The average molecular weight is 304 g/mol. The van der Waals surface area contributed by atoms with Gasteiger partial charge in [0.1, 0.15) is 0 Å². The van der Waals surface area contributed by atoms with Gasteiger partial charge >= 0.3 is 0 Å². The van der Waals surface area contributed by atoms with Gasteiger partial charge < -0.3 is 5.32 Å². The molecule has 1 aromatic carbocycles. The van der Waals surface area contributed by atoms with Gasteiger partial charge in [-0.15, -0.1) is 5.10 Å². The lowest BCUT2D eigenvalue weighted by Gasteiger charge is -2.03. The number of hydrogen-bond donors (Lipinski definition) is 1. The van der Waals surface area contributed by atoms with Crippen molar-refractivity contribution in [3.05, 3.63) is 35.3 Å². The Morgan fingerprint density at radius 1 is 1.28 bits per heavy atom. The summed E-state index contributed by atoms with van der Waals surface area (Å²) in [7, 11) is 1.41. The summed E-state index contributed by atoms with van der Waals surface area (Å²) in [5, 5.41) is 7.67. The quantitative estimate of drug-likeness (QED) is 0.872. The number of amides is 1. The van der Waals surface area contributed by atoms with E-state index in [1.54, 1.807) is 0 Å². The first-order chi connectivity index (χ1) is 8.47. The fraction of sp³-hybridized carbons (Fsp3) is 0. The molecule has 0 saturated carbocycles. The highest BCUT2D eigenvalue weighted by molar-refractivity contribution is 8.13. The molecule has 6 nitrogen and oxygen atoms in total. The van der Waals surface area contributed by atoms with E-state index in [2.05, 4.69) is 14.9 Å². The van der Waals surface area contributed by atoms with E-state index in [1.807, 2.05) is 0 Å². The van der Waals surface area contributed by atoms with Crippen LogP contribution < -0.4 is 5.32 Å². The first-order valence-corrected chi connectivity index (χ1v) is 7.74. The Balaban J connectivity index is 2.14. The second-order valence-corrected chi connectivity index (χ2v) is 6.38. The molecule has 0 aliphatic heterocycles. The molecule has 18 heavy (non-hydrogen) atoms. The first kappa shape index (κ1) is 12.9. The summed E-state index contributed by atoms with van der Waals surface area (Å²) < 4.78 is 25.6. The van der Waals surface area contributed by atoms with Gasteiger partial charge in [-0.25, -0.2) is 8.42 Å². The minimum atomic E-state index is -3.75. The lowest BCUT2D eigenvalue weighted by atomic mass is 10.3. The summed E-state index contributed by atoms with van der Waals surface area (Å²) in [6.45, 7) is 0. The molecule has 1 heterocycles. The molecule has 2 rings (SSSR count). The van der Waals surface area contributed by atoms with Gasteiger partial charge in [0.2, 0.25) is 0 Å². The Morgan fingerprint density at radius 2 is 1.94 bits per heavy atom. The minimum Gasteiger partial charge on any atom is -0.321 e. The van der Waals surface area contributed by atoms with E-state index >= 15 is 0 Å². The average Bonchev–Trinajstić information content (AvgIpc) is 2.82. The zero-order chi connectivity index (χ0) is 13.2. The first-order valence-electron chi connectivity index (χ1n) is 4.60. The van der Waals surface area contributed by atoms with Crippen LogP contribution in [0.25, 0.3) is 0 Å². The summed E-state index contributed by atoms with van der Waals surface area (Å²) in [6, 6.07) is 5.48. The number of anilines is 1. The van der Waals surface area contributed by atoms with Crippen LogP contribution in [0.15, 0.2) is 34.5 Å². The van der Waals surface area contributed by atoms with Gasteiger partial charge in [0.05, 0.1) is 4.90 Å². The zero-order valence-electron chi connectivity index (χ0n) is 8.70. The Labute approximate surface area is 111 Å². The molecule has 0 saturated heterocycles. The summed E-state index contributed by atoms with van der Waals surface area (Å²) >= 11 is 1.07. The SMILES string of the molecule is O=C(Nc1ccc(S(=O)(=O)Cl)cc1)c1csnn1. The van der Waals surface area contributed by atoms with Gasteiger partial charge in [0.25, 0.3) is 15.0 Å². The van der Waals surface area contributed by atoms with E-state index in [-0.39, 0.29) is 10.6 Å². The molecule has 0 aliphatic carbocycles. The largest absolute Gasteiger partial charge is 0.321 e. The topological polar surface area (TPSA) is 89.0 Å². The van der Waals surface area contributed by atoms with E-state index in [4.69, 9.17) is 10.7 Å². The van der Waals surface area contributed by atoms with Gasteiger partial charge in [-0.2, -0.15) is 0 Å². The Kier molecular flexibility index (Phi) is 3.60. The molecule has 1 N–H and O–H groups in total. The molecular formula is C9H6ClN3O3S2. The zero-order valence-corrected chi connectivity index (χ0v) is 11.1. The second-order valence-electron chi connectivity index (χ2n) is 3.21. The third-order valence-electron chi connectivity index (χ3n) is 1.99. The van der Waals surface area contributed by atoms with Crippen molar-refractivity contribution in [3.8, 4) is 0 Å². The summed E-state index contributed by atoms with van der Waals surface area (Å²) in [6.07, 6.45) is 0. The highest BCUT2D eigenvalue weighted by Gasteiger charge is 2.11. The van der Waals surface area contributed by atoms with Crippen molar-refractivity contribution in [2.75, 3.05) is 5.32 Å². The van der Waals surface area contributed by atoms with Gasteiger partial charge in [0.15, 0.2) is 5.69 Å². The molecular weight excluding hydrogens is 298 g/mol. The van der Waals surface area contributed by atoms with Crippen LogP contribution in [-0.2, 0) is 9.05 Å². The molecule has 94 valence electrons. The lowest BCUT2D eigenvalue weighted by molar-refractivity contribution is 0.102. The standard InChI is InChI=1S/C9H6ClN3O3S2/c10-18(15,16)7-3-1-6(2-4-7)11-9(14)8-5-17-13-12-8/h1-5H,(H,11,14). The van der Waals surface area contributed by atoms with Gasteiger partial charge in [-0.3, -0.25) is 4.79 Å². The van der Waals surface area contributed by atoms with E-state index < -0.39 is 15.0 Å². The maximum absolute atomic E-state index is 11.6. The number of rotatable bonds is 3. The number of nitrogens with zero attached hydrogens (tertiary/aromatic N) is 2. The third kappa shape index (κ3) is 3.03. The van der Waals surface area contributed by atoms with Gasteiger partial charge in [0, 0.05) is 21.7 Å². The summed E-state index contributed by atoms with van der Waals surface area (Å²) in [4.78, 5) is 11.6. The monoisotopic (exact) mass is 303 g/mol. The fourth-order valence-corrected chi connectivity index (χ4v) is 2.37. The summed E-state index contributed by atoms with van der Waals surface area (Å²) in [5.41, 5.74) is 0.645. The van der Waals surface area contributed by atoms with Crippen molar-refractivity contribution in [2.24, 2.45) is 0 Å². The van der Waals surface area contributed by atoms with E-state index in [1.165, 1.54) is 29.6 Å². The third-order valence-corrected chi connectivity index (χ3v) is 3.86. The Morgan fingerprint density at radius 3 is 2.44 bits per heavy atom. The lowest BCUT2D eigenvalue weighted by Crippen LogP contribution is -2.12. The molecule has 1 amide bonds. The number of hydrogen-bond acceptors (Lipinski definition) is 6. The number of nitrogens with one attached hydrogen (secondary N) is 1. The van der Waals surface area contributed by atoms with Crippen LogP contribution >= 0.6 is 22.2 Å². The van der Waals surface area contributed by atoms with E-state index in [9.17, 15) is 13.2 Å². The summed E-state index contributed by atoms with van der Waals surface area (Å²) in [5.74, 6) is -0.412. The maximum Gasteiger partial charge on any atom is 0.277 e. The normalized spacial score (nSPS) is 11.2.